The van der Waals surface area contributed by atoms with Gasteiger partial charge in [-0.25, -0.2) is 0 Å². The Kier molecular flexibility index (Phi) is 3.40. The Labute approximate surface area is 99.7 Å². The van der Waals surface area contributed by atoms with Crippen LogP contribution in [0.1, 0.15) is 18.4 Å². The first-order valence-electron chi connectivity index (χ1n) is 5.69. The zero-order chi connectivity index (χ0) is 12.3. The molecule has 0 spiro atoms. The number of non-ortho nitro benzene ring substituents is 1. The van der Waals surface area contributed by atoms with Gasteiger partial charge in [0.1, 0.15) is 0 Å². The number of nitro benzene ring substituents is 1. The van der Waals surface area contributed by atoms with Crippen LogP contribution in [0.15, 0.2) is 24.3 Å². The minimum absolute atomic E-state index is 0.114. The number of benzene rings is 1. The number of hydrogen-bond acceptors (Lipinski definition) is 4. The van der Waals surface area contributed by atoms with Crippen LogP contribution >= 0.6 is 0 Å². The molecule has 92 valence electrons. The molecule has 1 aliphatic heterocycles. The van der Waals surface area contributed by atoms with Crippen LogP contribution in [0.5, 0.6) is 0 Å². The molecular weight excluding hydrogens is 220 g/mol. The Morgan fingerprint density at radius 3 is 3.00 bits per heavy atom. The Bertz CT molecular complexity index is 414. The smallest absolute Gasteiger partial charge is 0.269 e. The molecular formula is C12H16N2O3. The molecule has 5 heteroatoms. The van der Waals surface area contributed by atoms with Crippen LogP contribution in [0, 0.1) is 10.1 Å². The molecule has 1 heterocycles. The average Bonchev–Trinajstić information content (AvgIpc) is 2.29. The van der Waals surface area contributed by atoms with Gasteiger partial charge in [-0.15, -0.1) is 0 Å². The van der Waals surface area contributed by atoms with E-state index in [1.165, 1.54) is 6.07 Å². The summed E-state index contributed by atoms with van der Waals surface area (Å²) >= 11 is 0. The van der Waals surface area contributed by atoms with Crippen molar-refractivity contribution in [2.75, 3.05) is 13.2 Å². The van der Waals surface area contributed by atoms with Gasteiger partial charge in [0.05, 0.1) is 11.5 Å². The first kappa shape index (κ1) is 12.0. The van der Waals surface area contributed by atoms with Crippen LogP contribution in [-0.2, 0) is 11.2 Å². The normalized spacial score (nSPS) is 24.5. The molecule has 1 aliphatic rings. The lowest BCUT2D eigenvalue weighted by molar-refractivity contribution is -0.384. The maximum atomic E-state index is 10.7. The zero-order valence-corrected chi connectivity index (χ0v) is 9.59. The van der Waals surface area contributed by atoms with Crippen molar-refractivity contribution in [1.29, 1.82) is 0 Å². The predicted molar refractivity (Wildman–Crippen MR) is 63.8 cm³/mol. The lowest BCUT2D eigenvalue weighted by Crippen LogP contribution is -2.49. The van der Waals surface area contributed by atoms with E-state index in [9.17, 15) is 10.1 Å². The molecule has 0 saturated carbocycles. The van der Waals surface area contributed by atoms with E-state index in [0.29, 0.717) is 13.0 Å². The van der Waals surface area contributed by atoms with Crippen molar-refractivity contribution in [1.82, 2.24) is 0 Å². The van der Waals surface area contributed by atoms with E-state index in [0.717, 1.165) is 25.0 Å². The molecule has 2 N–H and O–H groups in total. The fourth-order valence-electron chi connectivity index (χ4n) is 2.20. The van der Waals surface area contributed by atoms with Crippen molar-refractivity contribution in [2.45, 2.75) is 24.8 Å². The van der Waals surface area contributed by atoms with Crippen molar-refractivity contribution in [3.05, 3.63) is 39.9 Å². The number of nitrogens with two attached hydrogens (primary N) is 1. The fraction of sp³-hybridized carbons (Fsp3) is 0.500. The van der Waals surface area contributed by atoms with Crippen molar-refractivity contribution < 1.29 is 9.66 Å². The molecule has 2 rings (SSSR count). The third-order valence-electron chi connectivity index (χ3n) is 3.03. The fourth-order valence-corrected chi connectivity index (χ4v) is 2.20. The summed E-state index contributed by atoms with van der Waals surface area (Å²) in [7, 11) is 0. The van der Waals surface area contributed by atoms with Crippen molar-refractivity contribution >= 4 is 5.69 Å². The maximum absolute atomic E-state index is 10.7. The Morgan fingerprint density at radius 1 is 1.53 bits per heavy atom. The highest BCUT2D eigenvalue weighted by Gasteiger charge is 2.28. The van der Waals surface area contributed by atoms with Gasteiger partial charge >= 0.3 is 0 Å². The Morgan fingerprint density at radius 2 is 2.35 bits per heavy atom. The van der Waals surface area contributed by atoms with Crippen LogP contribution in [0.2, 0.25) is 0 Å². The third kappa shape index (κ3) is 3.01. The van der Waals surface area contributed by atoms with Crippen LogP contribution in [-0.4, -0.2) is 23.7 Å². The van der Waals surface area contributed by atoms with Gasteiger partial charge in [-0.2, -0.15) is 0 Å². The quantitative estimate of drug-likeness (QED) is 0.639. The van der Waals surface area contributed by atoms with Crippen LogP contribution in [0.25, 0.3) is 0 Å². The van der Waals surface area contributed by atoms with E-state index in [2.05, 4.69) is 0 Å². The SMILES string of the molecule is NC1(Cc2cccc([N+](=O)[O-])c2)CCCOC1. The van der Waals surface area contributed by atoms with Crippen LogP contribution in [0.4, 0.5) is 5.69 Å². The van der Waals surface area contributed by atoms with Gasteiger partial charge in [0, 0.05) is 24.3 Å². The minimum Gasteiger partial charge on any atom is -0.380 e. The highest BCUT2D eigenvalue weighted by molar-refractivity contribution is 5.35. The average molecular weight is 236 g/mol. The highest BCUT2D eigenvalue weighted by Crippen LogP contribution is 2.23. The number of hydrogen-bond donors (Lipinski definition) is 1. The highest BCUT2D eigenvalue weighted by atomic mass is 16.6. The minimum atomic E-state index is -0.385. The van der Waals surface area contributed by atoms with Crippen molar-refractivity contribution in [3.63, 3.8) is 0 Å². The van der Waals surface area contributed by atoms with Gasteiger partial charge in [0.25, 0.3) is 5.69 Å². The van der Waals surface area contributed by atoms with E-state index >= 15 is 0 Å². The van der Waals surface area contributed by atoms with E-state index in [4.69, 9.17) is 10.5 Å². The largest absolute Gasteiger partial charge is 0.380 e. The Hall–Kier alpha value is -1.46. The Balaban J connectivity index is 2.12. The monoisotopic (exact) mass is 236 g/mol. The van der Waals surface area contributed by atoms with Crippen LogP contribution < -0.4 is 5.73 Å². The molecule has 0 radical (unpaired) electrons. The first-order chi connectivity index (χ1) is 8.09. The van der Waals surface area contributed by atoms with Gasteiger partial charge in [-0.05, 0) is 24.8 Å². The summed E-state index contributed by atoms with van der Waals surface area (Å²) in [6.07, 6.45) is 2.47. The number of rotatable bonds is 3. The molecule has 1 fully saturated rings. The summed E-state index contributed by atoms with van der Waals surface area (Å²) in [5, 5.41) is 10.7. The van der Waals surface area contributed by atoms with Gasteiger partial charge in [0.2, 0.25) is 0 Å². The molecule has 17 heavy (non-hydrogen) atoms. The molecule has 1 unspecified atom stereocenters. The van der Waals surface area contributed by atoms with E-state index in [-0.39, 0.29) is 16.1 Å². The van der Waals surface area contributed by atoms with E-state index in [1.54, 1.807) is 12.1 Å². The molecule has 1 atom stereocenters. The summed E-state index contributed by atoms with van der Waals surface area (Å²) in [5.41, 5.74) is 6.85. The first-order valence-corrected chi connectivity index (χ1v) is 5.69. The molecule has 5 nitrogen and oxygen atoms in total. The lowest BCUT2D eigenvalue weighted by Gasteiger charge is -2.33. The molecule has 1 saturated heterocycles. The summed E-state index contributed by atoms with van der Waals surface area (Å²) in [6.45, 7) is 1.28. The maximum Gasteiger partial charge on any atom is 0.269 e. The van der Waals surface area contributed by atoms with Crippen molar-refractivity contribution in [2.24, 2.45) is 5.73 Å². The van der Waals surface area contributed by atoms with E-state index in [1.807, 2.05) is 6.07 Å². The van der Waals surface area contributed by atoms with Crippen molar-refractivity contribution in [3.8, 4) is 0 Å². The molecule has 0 aromatic heterocycles. The van der Waals surface area contributed by atoms with Gasteiger partial charge in [0.15, 0.2) is 0 Å². The predicted octanol–water partition coefficient (Wildman–Crippen LogP) is 1.65. The third-order valence-corrected chi connectivity index (χ3v) is 3.03. The number of nitro groups is 1. The summed E-state index contributed by atoms with van der Waals surface area (Å²) in [6, 6.07) is 6.64. The van der Waals surface area contributed by atoms with Gasteiger partial charge < -0.3 is 10.5 Å². The van der Waals surface area contributed by atoms with Gasteiger partial charge in [-0.1, -0.05) is 12.1 Å². The molecule has 1 aromatic carbocycles. The molecule has 0 amide bonds. The molecule has 0 aliphatic carbocycles. The standard InChI is InChI=1S/C12H16N2O3/c13-12(5-2-6-17-9-12)8-10-3-1-4-11(7-10)14(15)16/h1,3-4,7H,2,5-6,8-9,13H2. The summed E-state index contributed by atoms with van der Waals surface area (Å²) in [5.74, 6) is 0. The lowest BCUT2D eigenvalue weighted by atomic mass is 9.87. The second-order valence-electron chi connectivity index (χ2n) is 4.62. The van der Waals surface area contributed by atoms with Gasteiger partial charge in [-0.3, -0.25) is 10.1 Å². The number of nitrogens with zero attached hydrogens (tertiary/aromatic N) is 1. The topological polar surface area (TPSA) is 78.4 Å². The second kappa shape index (κ2) is 4.81. The molecule has 0 bridgehead atoms. The molecule has 1 aromatic rings. The summed E-state index contributed by atoms with van der Waals surface area (Å²) in [4.78, 5) is 10.3. The zero-order valence-electron chi connectivity index (χ0n) is 9.59. The van der Waals surface area contributed by atoms with E-state index < -0.39 is 0 Å². The summed E-state index contributed by atoms with van der Waals surface area (Å²) < 4.78 is 5.38. The van der Waals surface area contributed by atoms with Crippen LogP contribution in [0.3, 0.4) is 0 Å². The number of ether oxygens (including phenoxy) is 1. The second-order valence-corrected chi connectivity index (χ2v) is 4.62.